The maximum Gasteiger partial charge on any atom is 0.138 e. The highest BCUT2D eigenvalue weighted by Gasteiger charge is 2.40. The second-order valence-electron chi connectivity index (χ2n) is 8.42. The third-order valence-electron chi connectivity index (χ3n) is 5.98. The third-order valence-corrected chi connectivity index (χ3v) is 5.98. The fourth-order valence-corrected chi connectivity index (χ4v) is 4.43. The van der Waals surface area contributed by atoms with Crippen molar-refractivity contribution in [1.29, 1.82) is 0 Å². The second kappa shape index (κ2) is 8.53. The lowest BCUT2D eigenvalue weighted by Crippen LogP contribution is -2.11. The smallest absolute Gasteiger partial charge is 0.138 e. The first kappa shape index (κ1) is 22.0. The standard InChI is InChI=1S/C28H22O7/c29-18-5-3-15(4-6-18)1-2-16-9-24(34)27-25(10-16)35-28(22-8-7-19(30)14-23(22)33)26(27)17-11-20(31)13-21(32)12-17/h1-14,26,28-34H/b2-1+/t26-,28+/m1/s1. The van der Waals surface area contributed by atoms with E-state index in [4.69, 9.17) is 4.74 Å². The van der Waals surface area contributed by atoms with Crippen LogP contribution in [0.25, 0.3) is 12.2 Å². The van der Waals surface area contributed by atoms with E-state index in [0.717, 1.165) is 5.56 Å². The zero-order valence-corrected chi connectivity index (χ0v) is 18.3. The van der Waals surface area contributed by atoms with Gasteiger partial charge in [-0.25, -0.2) is 0 Å². The topological polar surface area (TPSA) is 131 Å². The molecule has 35 heavy (non-hydrogen) atoms. The number of aromatic hydroxyl groups is 6. The summed E-state index contributed by atoms with van der Waals surface area (Å²) >= 11 is 0. The Labute approximate surface area is 200 Å². The zero-order valence-electron chi connectivity index (χ0n) is 18.3. The van der Waals surface area contributed by atoms with Gasteiger partial charge in [0.2, 0.25) is 0 Å². The minimum atomic E-state index is -0.811. The minimum absolute atomic E-state index is 0.0542. The van der Waals surface area contributed by atoms with E-state index >= 15 is 0 Å². The van der Waals surface area contributed by atoms with Gasteiger partial charge in [-0.15, -0.1) is 0 Å². The van der Waals surface area contributed by atoms with Crippen molar-refractivity contribution in [2.75, 3.05) is 0 Å². The summed E-state index contributed by atoms with van der Waals surface area (Å²) in [5.41, 5.74) is 2.79. The average molecular weight is 470 g/mol. The Morgan fingerprint density at radius 1 is 0.571 bits per heavy atom. The number of hydrogen-bond donors (Lipinski definition) is 6. The number of hydrogen-bond acceptors (Lipinski definition) is 7. The fourth-order valence-electron chi connectivity index (χ4n) is 4.43. The van der Waals surface area contributed by atoms with Crippen molar-refractivity contribution in [3.8, 4) is 40.2 Å². The van der Waals surface area contributed by atoms with Crippen LogP contribution in [0.4, 0.5) is 0 Å². The lowest BCUT2D eigenvalue weighted by molar-refractivity contribution is 0.217. The van der Waals surface area contributed by atoms with Gasteiger partial charge in [-0.3, -0.25) is 0 Å². The average Bonchev–Trinajstić information content (AvgIpc) is 3.18. The van der Waals surface area contributed by atoms with E-state index < -0.39 is 12.0 Å². The molecule has 0 spiro atoms. The van der Waals surface area contributed by atoms with E-state index in [1.54, 1.807) is 42.5 Å². The summed E-state index contributed by atoms with van der Waals surface area (Å²) in [5.74, 6) is -0.805. The van der Waals surface area contributed by atoms with Crippen LogP contribution in [-0.2, 0) is 0 Å². The molecule has 0 aliphatic carbocycles. The third kappa shape index (κ3) is 4.27. The molecule has 2 atom stereocenters. The molecular weight excluding hydrogens is 448 g/mol. The highest BCUT2D eigenvalue weighted by Crippen LogP contribution is 2.55. The van der Waals surface area contributed by atoms with Crippen LogP contribution >= 0.6 is 0 Å². The molecule has 0 saturated heterocycles. The largest absolute Gasteiger partial charge is 0.508 e. The number of benzene rings is 4. The Balaban J connectivity index is 1.61. The normalized spacial score (nSPS) is 16.8. The summed E-state index contributed by atoms with van der Waals surface area (Å²) < 4.78 is 6.22. The highest BCUT2D eigenvalue weighted by molar-refractivity contribution is 5.73. The van der Waals surface area contributed by atoms with Crippen molar-refractivity contribution in [3.05, 3.63) is 101 Å². The summed E-state index contributed by atoms with van der Waals surface area (Å²) in [6.45, 7) is 0. The van der Waals surface area contributed by atoms with Crippen molar-refractivity contribution in [3.63, 3.8) is 0 Å². The van der Waals surface area contributed by atoms with Crippen molar-refractivity contribution < 1.29 is 35.4 Å². The number of phenolic OH excluding ortho intramolecular Hbond substituents is 6. The molecule has 5 rings (SSSR count). The van der Waals surface area contributed by atoms with E-state index in [2.05, 4.69) is 0 Å². The van der Waals surface area contributed by atoms with Crippen LogP contribution in [0.2, 0.25) is 0 Å². The van der Waals surface area contributed by atoms with Gasteiger partial charge in [-0.1, -0.05) is 24.3 Å². The Bertz CT molecular complexity index is 1420. The van der Waals surface area contributed by atoms with Crippen LogP contribution in [0.1, 0.15) is 39.8 Å². The molecule has 0 unspecified atom stereocenters. The molecule has 1 aliphatic rings. The Morgan fingerprint density at radius 3 is 1.91 bits per heavy atom. The van der Waals surface area contributed by atoms with Gasteiger partial charge in [-0.05, 0) is 65.2 Å². The van der Waals surface area contributed by atoms with Crippen molar-refractivity contribution >= 4 is 12.2 Å². The quantitative estimate of drug-likeness (QED) is 0.222. The van der Waals surface area contributed by atoms with E-state index in [1.807, 2.05) is 6.08 Å². The SMILES string of the molecule is Oc1ccc(/C=C/c2cc(O)c3c(c2)O[C@@H](c2ccc(O)cc2O)[C@@H]3c2cc(O)cc(O)c2)cc1. The number of phenols is 6. The second-order valence-corrected chi connectivity index (χ2v) is 8.42. The number of ether oxygens (including phenoxy) is 1. The molecule has 7 heteroatoms. The van der Waals surface area contributed by atoms with Gasteiger partial charge in [0.15, 0.2) is 0 Å². The number of fused-ring (bicyclic) bond motifs is 1. The maximum atomic E-state index is 11.0. The summed E-state index contributed by atoms with van der Waals surface area (Å²) in [7, 11) is 0. The molecule has 4 aromatic rings. The van der Waals surface area contributed by atoms with E-state index in [0.29, 0.717) is 28.0 Å². The van der Waals surface area contributed by atoms with Gasteiger partial charge >= 0.3 is 0 Å². The molecule has 0 fully saturated rings. The maximum absolute atomic E-state index is 11.0. The molecule has 0 aromatic heterocycles. The molecule has 1 aliphatic heterocycles. The first-order valence-electron chi connectivity index (χ1n) is 10.8. The number of rotatable bonds is 4. The predicted octanol–water partition coefficient (Wildman–Crippen LogP) is 5.36. The molecule has 4 aromatic carbocycles. The minimum Gasteiger partial charge on any atom is -0.508 e. The molecule has 176 valence electrons. The summed E-state index contributed by atoms with van der Waals surface area (Å²) in [6.07, 6.45) is 2.80. The Kier molecular flexibility index (Phi) is 5.37. The van der Waals surface area contributed by atoms with Gasteiger partial charge in [0.25, 0.3) is 0 Å². The van der Waals surface area contributed by atoms with E-state index in [1.165, 1.54) is 36.4 Å². The monoisotopic (exact) mass is 470 g/mol. The van der Waals surface area contributed by atoms with Gasteiger partial charge in [0.05, 0.1) is 5.92 Å². The molecule has 0 amide bonds. The van der Waals surface area contributed by atoms with Crippen molar-refractivity contribution in [2.24, 2.45) is 0 Å². The van der Waals surface area contributed by atoms with Crippen LogP contribution < -0.4 is 4.74 Å². The zero-order chi connectivity index (χ0) is 24.7. The highest BCUT2D eigenvalue weighted by atomic mass is 16.5. The molecule has 6 N–H and O–H groups in total. The molecule has 0 saturated carbocycles. The van der Waals surface area contributed by atoms with E-state index in [9.17, 15) is 30.6 Å². The molecule has 7 nitrogen and oxygen atoms in total. The van der Waals surface area contributed by atoms with Gasteiger partial charge in [0.1, 0.15) is 46.4 Å². The molecular formula is C28H22O7. The summed E-state index contributed by atoms with van der Waals surface area (Å²) in [5, 5.41) is 60.9. The molecule has 0 bridgehead atoms. The molecule has 1 heterocycles. The van der Waals surface area contributed by atoms with Crippen molar-refractivity contribution in [2.45, 2.75) is 12.0 Å². The summed E-state index contributed by atoms with van der Waals surface area (Å²) in [4.78, 5) is 0. The Hall–Kier alpha value is -4.78. The van der Waals surface area contributed by atoms with Crippen molar-refractivity contribution in [1.82, 2.24) is 0 Å². The molecule has 0 radical (unpaired) electrons. The van der Waals surface area contributed by atoms with Crippen LogP contribution in [0, 0.1) is 0 Å². The van der Waals surface area contributed by atoms with Crippen LogP contribution in [0.3, 0.4) is 0 Å². The van der Waals surface area contributed by atoms with Crippen LogP contribution in [-0.4, -0.2) is 30.6 Å². The Morgan fingerprint density at radius 2 is 1.23 bits per heavy atom. The van der Waals surface area contributed by atoms with E-state index in [-0.39, 0.29) is 34.5 Å². The van der Waals surface area contributed by atoms with Gasteiger partial charge < -0.3 is 35.4 Å². The first-order chi connectivity index (χ1) is 16.8. The lowest BCUT2D eigenvalue weighted by Gasteiger charge is -2.21. The van der Waals surface area contributed by atoms with Gasteiger partial charge in [-0.2, -0.15) is 0 Å². The summed E-state index contributed by atoms with van der Waals surface area (Å²) in [6, 6.07) is 18.3. The van der Waals surface area contributed by atoms with Crippen LogP contribution in [0.5, 0.6) is 40.2 Å². The fraction of sp³-hybridized carbons (Fsp3) is 0.0714. The van der Waals surface area contributed by atoms with Gasteiger partial charge in [0, 0.05) is 23.3 Å². The van der Waals surface area contributed by atoms with Crippen LogP contribution in [0.15, 0.2) is 72.8 Å². The first-order valence-corrected chi connectivity index (χ1v) is 10.8. The predicted molar refractivity (Wildman–Crippen MR) is 130 cm³/mol. The lowest BCUT2D eigenvalue weighted by atomic mass is 9.84.